The molecule has 3 rings (SSSR count). The van der Waals surface area contributed by atoms with Crippen molar-refractivity contribution in [2.24, 2.45) is 0 Å². The number of fused-ring (bicyclic) bond motifs is 1. The number of aromatic nitrogens is 1. The van der Waals surface area contributed by atoms with Crippen molar-refractivity contribution in [1.82, 2.24) is 4.57 Å². The number of para-hydroxylation sites is 1. The highest BCUT2D eigenvalue weighted by Gasteiger charge is 2.26. The van der Waals surface area contributed by atoms with Gasteiger partial charge in [0, 0.05) is 27.7 Å². The molecule has 0 aliphatic heterocycles. The number of aldehydes is 1. The summed E-state index contributed by atoms with van der Waals surface area (Å²) < 4.78 is 3.29. The van der Waals surface area contributed by atoms with E-state index in [1.807, 2.05) is 24.4 Å². The Morgan fingerprint density at radius 1 is 1.40 bits per heavy atom. The molecule has 0 bridgehead atoms. The first-order chi connectivity index (χ1) is 7.31. The number of benzene rings is 1. The molecule has 1 aromatic carbocycles. The third-order valence-electron chi connectivity index (χ3n) is 2.90. The number of carbonyl (C=O) groups excluding carboxylic acids is 1. The van der Waals surface area contributed by atoms with E-state index < -0.39 is 0 Å². The van der Waals surface area contributed by atoms with Gasteiger partial charge in [-0.25, -0.2) is 0 Å². The zero-order valence-electron chi connectivity index (χ0n) is 8.11. The van der Waals surface area contributed by atoms with Crippen molar-refractivity contribution in [1.29, 1.82) is 0 Å². The van der Waals surface area contributed by atoms with Crippen LogP contribution in [-0.4, -0.2) is 10.9 Å². The van der Waals surface area contributed by atoms with E-state index in [1.165, 1.54) is 12.8 Å². The molecule has 0 unspecified atom stereocenters. The Balaban J connectivity index is 2.39. The first-order valence-electron chi connectivity index (χ1n) is 5.05. The highest BCUT2D eigenvalue weighted by atomic mass is 79.9. The Morgan fingerprint density at radius 2 is 2.20 bits per heavy atom. The molecule has 1 aliphatic rings. The van der Waals surface area contributed by atoms with E-state index in [4.69, 9.17) is 0 Å². The van der Waals surface area contributed by atoms with Gasteiger partial charge in [-0.15, -0.1) is 0 Å². The topological polar surface area (TPSA) is 22.0 Å². The molecule has 76 valence electrons. The van der Waals surface area contributed by atoms with Gasteiger partial charge in [-0.05, 0) is 34.8 Å². The van der Waals surface area contributed by atoms with Crippen molar-refractivity contribution in [3.05, 3.63) is 34.4 Å². The van der Waals surface area contributed by atoms with Crippen molar-refractivity contribution >= 4 is 33.1 Å². The van der Waals surface area contributed by atoms with Crippen LogP contribution >= 0.6 is 15.9 Å². The fraction of sp³-hybridized carbons (Fsp3) is 0.250. The molecule has 0 amide bonds. The molecule has 0 radical (unpaired) electrons. The first kappa shape index (κ1) is 9.16. The molecular formula is C12H10BrNO. The Labute approximate surface area is 96.0 Å². The Bertz CT molecular complexity index is 540. The Hall–Kier alpha value is -1.09. The summed E-state index contributed by atoms with van der Waals surface area (Å²) in [6.45, 7) is 0. The lowest BCUT2D eigenvalue weighted by Crippen LogP contribution is -1.90. The largest absolute Gasteiger partial charge is 0.343 e. The quantitative estimate of drug-likeness (QED) is 0.760. The average Bonchev–Trinajstić information content (AvgIpc) is 3.00. The van der Waals surface area contributed by atoms with E-state index >= 15 is 0 Å². The van der Waals surface area contributed by atoms with Gasteiger partial charge in [0.15, 0.2) is 6.29 Å². The van der Waals surface area contributed by atoms with Gasteiger partial charge in [-0.3, -0.25) is 4.79 Å². The predicted molar refractivity (Wildman–Crippen MR) is 63.3 cm³/mol. The lowest BCUT2D eigenvalue weighted by Gasteiger charge is -2.03. The molecule has 1 heterocycles. The maximum Gasteiger partial charge on any atom is 0.152 e. The highest BCUT2D eigenvalue weighted by molar-refractivity contribution is 9.10. The van der Waals surface area contributed by atoms with Gasteiger partial charge in [-0.2, -0.15) is 0 Å². The van der Waals surface area contributed by atoms with E-state index in [-0.39, 0.29) is 0 Å². The van der Waals surface area contributed by atoms with Crippen LogP contribution in [0.25, 0.3) is 10.9 Å². The van der Waals surface area contributed by atoms with Crippen molar-refractivity contribution in [2.75, 3.05) is 0 Å². The standard InChI is InChI=1S/C12H10BrNO/c13-11-3-1-2-10-8(7-15)6-14(12(10)11)9-4-5-9/h1-3,6-7,9H,4-5H2. The molecule has 3 heteroatoms. The van der Waals surface area contributed by atoms with Crippen LogP contribution in [0.1, 0.15) is 29.2 Å². The third-order valence-corrected chi connectivity index (χ3v) is 3.54. The monoisotopic (exact) mass is 263 g/mol. The van der Waals surface area contributed by atoms with Crippen molar-refractivity contribution in [3.8, 4) is 0 Å². The molecule has 2 nitrogen and oxygen atoms in total. The van der Waals surface area contributed by atoms with Crippen LogP contribution in [0.3, 0.4) is 0 Å². The summed E-state index contributed by atoms with van der Waals surface area (Å²) in [6.07, 6.45) is 5.36. The predicted octanol–water partition coefficient (Wildman–Crippen LogP) is 3.55. The van der Waals surface area contributed by atoms with Crippen molar-refractivity contribution < 1.29 is 4.79 Å². The summed E-state index contributed by atoms with van der Waals surface area (Å²) in [5.74, 6) is 0. The van der Waals surface area contributed by atoms with E-state index in [0.717, 1.165) is 27.2 Å². The number of rotatable bonds is 2. The lowest BCUT2D eigenvalue weighted by atomic mass is 10.2. The first-order valence-corrected chi connectivity index (χ1v) is 5.85. The fourth-order valence-electron chi connectivity index (χ4n) is 2.03. The van der Waals surface area contributed by atoms with Crippen LogP contribution in [0.4, 0.5) is 0 Å². The zero-order chi connectivity index (χ0) is 10.4. The van der Waals surface area contributed by atoms with Crippen LogP contribution in [0.2, 0.25) is 0 Å². The van der Waals surface area contributed by atoms with Crippen LogP contribution < -0.4 is 0 Å². The molecule has 0 saturated heterocycles. The van der Waals surface area contributed by atoms with Gasteiger partial charge in [-0.1, -0.05) is 12.1 Å². The molecule has 1 aromatic heterocycles. The molecule has 0 N–H and O–H groups in total. The van der Waals surface area contributed by atoms with Crippen molar-refractivity contribution in [2.45, 2.75) is 18.9 Å². The number of hydrogen-bond donors (Lipinski definition) is 0. The maximum atomic E-state index is 11.0. The van der Waals surface area contributed by atoms with Gasteiger partial charge in [0.05, 0.1) is 5.52 Å². The normalized spacial score (nSPS) is 15.8. The molecule has 1 fully saturated rings. The third kappa shape index (κ3) is 1.34. The lowest BCUT2D eigenvalue weighted by molar-refractivity contribution is 0.112. The Kier molecular flexibility index (Phi) is 1.96. The van der Waals surface area contributed by atoms with Crippen molar-refractivity contribution in [3.63, 3.8) is 0 Å². The highest BCUT2D eigenvalue weighted by Crippen LogP contribution is 2.40. The molecule has 0 atom stereocenters. The molecule has 2 aromatic rings. The van der Waals surface area contributed by atoms with Crippen LogP contribution in [0, 0.1) is 0 Å². The van der Waals surface area contributed by atoms with Crippen LogP contribution in [-0.2, 0) is 0 Å². The van der Waals surface area contributed by atoms with Gasteiger partial charge >= 0.3 is 0 Å². The molecule has 1 aliphatic carbocycles. The molecule has 1 saturated carbocycles. The summed E-state index contributed by atoms with van der Waals surface area (Å²) in [4.78, 5) is 11.0. The summed E-state index contributed by atoms with van der Waals surface area (Å²) in [5.41, 5.74) is 1.94. The number of carbonyl (C=O) groups is 1. The minimum atomic E-state index is 0.597. The maximum absolute atomic E-state index is 11.0. The van der Waals surface area contributed by atoms with E-state index in [0.29, 0.717) is 6.04 Å². The van der Waals surface area contributed by atoms with Gasteiger partial charge < -0.3 is 4.57 Å². The summed E-state index contributed by atoms with van der Waals surface area (Å²) in [5, 5.41) is 1.05. The van der Waals surface area contributed by atoms with E-state index in [9.17, 15) is 4.79 Å². The summed E-state index contributed by atoms with van der Waals surface area (Å²) in [7, 11) is 0. The second kappa shape index (κ2) is 3.20. The van der Waals surface area contributed by atoms with Crippen LogP contribution in [0.15, 0.2) is 28.9 Å². The molecular weight excluding hydrogens is 254 g/mol. The number of hydrogen-bond acceptors (Lipinski definition) is 1. The number of halogens is 1. The van der Waals surface area contributed by atoms with Crippen LogP contribution in [0.5, 0.6) is 0 Å². The Morgan fingerprint density at radius 3 is 2.87 bits per heavy atom. The minimum absolute atomic E-state index is 0.597. The summed E-state index contributed by atoms with van der Waals surface area (Å²) >= 11 is 3.55. The summed E-state index contributed by atoms with van der Waals surface area (Å²) in [6, 6.07) is 6.59. The second-order valence-corrected chi connectivity index (χ2v) is 4.83. The SMILES string of the molecule is O=Cc1cn(C2CC2)c2c(Br)cccc12. The van der Waals surface area contributed by atoms with Gasteiger partial charge in [0.1, 0.15) is 0 Å². The van der Waals surface area contributed by atoms with E-state index in [2.05, 4.69) is 20.5 Å². The minimum Gasteiger partial charge on any atom is -0.343 e. The zero-order valence-corrected chi connectivity index (χ0v) is 9.70. The fourth-order valence-corrected chi connectivity index (χ4v) is 2.60. The number of nitrogens with zero attached hydrogens (tertiary/aromatic N) is 1. The van der Waals surface area contributed by atoms with Gasteiger partial charge in [0.25, 0.3) is 0 Å². The molecule has 0 spiro atoms. The average molecular weight is 264 g/mol. The molecule has 15 heavy (non-hydrogen) atoms. The smallest absolute Gasteiger partial charge is 0.152 e. The van der Waals surface area contributed by atoms with E-state index in [1.54, 1.807) is 0 Å². The second-order valence-electron chi connectivity index (χ2n) is 3.98. The van der Waals surface area contributed by atoms with Gasteiger partial charge in [0.2, 0.25) is 0 Å².